The summed E-state index contributed by atoms with van der Waals surface area (Å²) in [6, 6.07) is 1.84. The molecule has 74 valence electrons. The first-order valence-electron chi connectivity index (χ1n) is 4.25. The Hall–Kier alpha value is -1.10. The normalized spacial score (nSPS) is 14.6. The number of hydrogen-bond acceptors (Lipinski definition) is 3. The van der Waals surface area contributed by atoms with Crippen molar-refractivity contribution in [3.63, 3.8) is 0 Å². The Balaban J connectivity index is 2.46. The highest BCUT2D eigenvalue weighted by Gasteiger charge is 2.22. The molecule has 1 aromatic heterocycles. The van der Waals surface area contributed by atoms with Crippen LogP contribution in [0.3, 0.4) is 0 Å². The minimum absolute atomic E-state index is 0.00875. The minimum atomic E-state index is 0.00875. The van der Waals surface area contributed by atoms with Gasteiger partial charge in [-0.1, -0.05) is 0 Å². The fraction of sp³-hybridized carbons (Fsp3) is 0.333. The van der Waals surface area contributed by atoms with E-state index in [0.29, 0.717) is 19.0 Å². The Morgan fingerprint density at radius 3 is 3.21 bits per heavy atom. The molecule has 1 amide bonds. The molecule has 0 saturated heterocycles. The maximum atomic E-state index is 11.3. The number of carbonyl (C=O) groups is 1. The molecular formula is C9H9BrN2O2. The van der Waals surface area contributed by atoms with E-state index in [1.807, 2.05) is 6.07 Å². The molecule has 0 aliphatic carbocycles. The Morgan fingerprint density at radius 2 is 2.50 bits per heavy atom. The monoisotopic (exact) mass is 256 g/mol. The summed E-state index contributed by atoms with van der Waals surface area (Å²) < 4.78 is 6.17. The van der Waals surface area contributed by atoms with Crippen LogP contribution in [0.2, 0.25) is 0 Å². The lowest BCUT2D eigenvalue weighted by Gasteiger charge is -2.27. The van der Waals surface area contributed by atoms with Gasteiger partial charge in [0.25, 0.3) is 0 Å². The SMILES string of the molecule is CC(=O)N1CCOc2ncc(Br)cc21. The van der Waals surface area contributed by atoms with E-state index in [1.54, 1.807) is 11.1 Å². The molecule has 4 nitrogen and oxygen atoms in total. The zero-order valence-corrected chi connectivity index (χ0v) is 9.24. The van der Waals surface area contributed by atoms with E-state index in [0.717, 1.165) is 10.2 Å². The van der Waals surface area contributed by atoms with Crippen molar-refractivity contribution in [1.29, 1.82) is 0 Å². The van der Waals surface area contributed by atoms with Crippen LogP contribution in [0.25, 0.3) is 0 Å². The fourth-order valence-electron chi connectivity index (χ4n) is 1.40. The van der Waals surface area contributed by atoms with Gasteiger partial charge in [-0.15, -0.1) is 0 Å². The molecule has 0 aromatic carbocycles. The van der Waals surface area contributed by atoms with Gasteiger partial charge >= 0.3 is 0 Å². The second kappa shape index (κ2) is 3.57. The van der Waals surface area contributed by atoms with E-state index >= 15 is 0 Å². The smallest absolute Gasteiger partial charge is 0.238 e. The van der Waals surface area contributed by atoms with Gasteiger partial charge in [-0.05, 0) is 22.0 Å². The summed E-state index contributed by atoms with van der Waals surface area (Å²) in [6.07, 6.45) is 1.66. The molecule has 0 N–H and O–H groups in total. The van der Waals surface area contributed by atoms with Crippen LogP contribution in [-0.2, 0) is 4.79 Å². The number of amides is 1. The lowest BCUT2D eigenvalue weighted by molar-refractivity contribution is -0.116. The molecule has 0 saturated carbocycles. The molecule has 14 heavy (non-hydrogen) atoms. The van der Waals surface area contributed by atoms with Crippen LogP contribution in [0, 0.1) is 0 Å². The molecule has 1 aliphatic rings. The predicted molar refractivity (Wildman–Crippen MR) is 55.5 cm³/mol. The van der Waals surface area contributed by atoms with Gasteiger partial charge in [-0.3, -0.25) is 4.79 Å². The molecule has 2 heterocycles. The summed E-state index contributed by atoms with van der Waals surface area (Å²) in [6.45, 7) is 2.62. The number of rotatable bonds is 0. The second-order valence-electron chi connectivity index (χ2n) is 3.00. The van der Waals surface area contributed by atoms with Gasteiger partial charge < -0.3 is 9.64 Å². The third kappa shape index (κ3) is 1.59. The van der Waals surface area contributed by atoms with E-state index in [2.05, 4.69) is 20.9 Å². The number of carbonyl (C=O) groups excluding carboxylic acids is 1. The van der Waals surface area contributed by atoms with Crippen LogP contribution in [0.1, 0.15) is 6.92 Å². The van der Waals surface area contributed by atoms with E-state index in [4.69, 9.17) is 4.74 Å². The van der Waals surface area contributed by atoms with Crippen LogP contribution in [0.15, 0.2) is 16.7 Å². The van der Waals surface area contributed by atoms with E-state index in [1.165, 1.54) is 6.92 Å². The Labute approximate surface area is 90.0 Å². The molecule has 1 aromatic rings. The summed E-state index contributed by atoms with van der Waals surface area (Å²) in [5.41, 5.74) is 0.734. The Morgan fingerprint density at radius 1 is 1.71 bits per heavy atom. The van der Waals surface area contributed by atoms with Crippen molar-refractivity contribution in [2.45, 2.75) is 6.92 Å². The topological polar surface area (TPSA) is 42.4 Å². The zero-order chi connectivity index (χ0) is 10.1. The van der Waals surface area contributed by atoms with Crippen LogP contribution in [0.4, 0.5) is 5.69 Å². The van der Waals surface area contributed by atoms with Gasteiger partial charge in [0, 0.05) is 17.6 Å². The molecule has 0 bridgehead atoms. The maximum absolute atomic E-state index is 11.3. The van der Waals surface area contributed by atoms with Crippen LogP contribution in [0.5, 0.6) is 5.88 Å². The number of pyridine rings is 1. The molecular weight excluding hydrogens is 248 g/mol. The molecule has 0 unspecified atom stereocenters. The van der Waals surface area contributed by atoms with Gasteiger partial charge in [0.1, 0.15) is 12.3 Å². The summed E-state index contributed by atoms with van der Waals surface area (Å²) in [7, 11) is 0. The second-order valence-corrected chi connectivity index (χ2v) is 3.91. The predicted octanol–water partition coefficient (Wildman–Crippen LogP) is 1.59. The third-order valence-corrected chi connectivity index (χ3v) is 2.46. The first kappa shape index (κ1) is 9.45. The Bertz CT molecular complexity index is 381. The average molecular weight is 257 g/mol. The third-order valence-electron chi connectivity index (χ3n) is 2.02. The average Bonchev–Trinajstić information content (AvgIpc) is 2.16. The number of anilines is 1. The van der Waals surface area contributed by atoms with E-state index in [-0.39, 0.29) is 5.91 Å². The molecule has 5 heteroatoms. The summed E-state index contributed by atoms with van der Waals surface area (Å²) in [5.74, 6) is 0.532. The molecule has 0 radical (unpaired) electrons. The number of halogens is 1. The first-order valence-corrected chi connectivity index (χ1v) is 5.04. The maximum Gasteiger partial charge on any atom is 0.238 e. The van der Waals surface area contributed by atoms with Gasteiger partial charge in [0.05, 0.1) is 6.54 Å². The number of ether oxygens (including phenoxy) is 1. The molecule has 0 fully saturated rings. The molecule has 0 atom stereocenters. The minimum Gasteiger partial charge on any atom is -0.474 e. The van der Waals surface area contributed by atoms with Crippen molar-refractivity contribution in [3.8, 4) is 5.88 Å². The van der Waals surface area contributed by atoms with Gasteiger partial charge in [0.2, 0.25) is 11.8 Å². The molecule has 2 rings (SSSR count). The van der Waals surface area contributed by atoms with E-state index in [9.17, 15) is 4.79 Å². The fourth-order valence-corrected chi connectivity index (χ4v) is 1.72. The van der Waals surface area contributed by atoms with Gasteiger partial charge in [-0.25, -0.2) is 4.98 Å². The highest BCUT2D eigenvalue weighted by Crippen LogP contribution is 2.31. The number of fused-ring (bicyclic) bond motifs is 1. The van der Waals surface area contributed by atoms with Crippen LogP contribution in [-0.4, -0.2) is 24.0 Å². The van der Waals surface area contributed by atoms with Crippen molar-refractivity contribution in [2.24, 2.45) is 0 Å². The largest absolute Gasteiger partial charge is 0.474 e. The highest BCUT2D eigenvalue weighted by atomic mass is 79.9. The zero-order valence-electron chi connectivity index (χ0n) is 7.66. The summed E-state index contributed by atoms with van der Waals surface area (Å²) >= 11 is 3.31. The molecule has 0 spiro atoms. The summed E-state index contributed by atoms with van der Waals surface area (Å²) in [4.78, 5) is 17.1. The van der Waals surface area contributed by atoms with Crippen LogP contribution < -0.4 is 9.64 Å². The number of aromatic nitrogens is 1. The van der Waals surface area contributed by atoms with Crippen molar-refractivity contribution in [1.82, 2.24) is 4.98 Å². The summed E-state index contributed by atoms with van der Waals surface area (Å²) in [5, 5.41) is 0. The number of hydrogen-bond donors (Lipinski definition) is 0. The molecule has 1 aliphatic heterocycles. The Kier molecular flexibility index (Phi) is 2.41. The van der Waals surface area contributed by atoms with Crippen molar-refractivity contribution < 1.29 is 9.53 Å². The quantitative estimate of drug-likeness (QED) is 0.708. The van der Waals surface area contributed by atoms with Crippen LogP contribution >= 0.6 is 15.9 Å². The number of nitrogens with zero attached hydrogens (tertiary/aromatic N) is 2. The lowest BCUT2D eigenvalue weighted by atomic mass is 10.3. The van der Waals surface area contributed by atoms with Crippen molar-refractivity contribution in [2.75, 3.05) is 18.1 Å². The lowest BCUT2D eigenvalue weighted by Crippen LogP contribution is -2.36. The van der Waals surface area contributed by atoms with Crippen molar-refractivity contribution >= 4 is 27.5 Å². The van der Waals surface area contributed by atoms with Gasteiger partial charge in [0.15, 0.2) is 0 Å². The highest BCUT2D eigenvalue weighted by molar-refractivity contribution is 9.10. The first-order chi connectivity index (χ1) is 6.68. The van der Waals surface area contributed by atoms with Gasteiger partial charge in [-0.2, -0.15) is 0 Å². The standard InChI is InChI=1S/C9H9BrN2O2/c1-6(13)12-2-3-14-9-8(12)4-7(10)5-11-9/h4-5H,2-3H2,1H3. The van der Waals surface area contributed by atoms with Crippen molar-refractivity contribution in [3.05, 3.63) is 16.7 Å². The van der Waals surface area contributed by atoms with E-state index < -0.39 is 0 Å².